The number of aryl methyl sites for hydroxylation is 1. The van der Waals surface area contributed by atoms with Crippen molar-refractivity contribution in [1.82, 2.24) is 10.3 Å². The van der Waals surface area contributed by atoms with Crippen LogP contribution in [0, 0.1) is 5.41 Å². The van der Waals surface area contributed by atoms with E-state index in [9.17, 15) is 0 Å². The third-order valence-electron chi connectivity index (χ3n) is 3.05. The monoisotopic (exact) mass is 254 g/mol. The summed E-state index contributed by atoms with van der Waals surface area (Å²) in [4.78, 5) is 4.01. The summed E-state index contributed by atoms with van der Waals surface area (Å²) in [5.74, 6) is 0. The Morgan fingerprint density at radius 2 is 2.12 bits per heavy atom. The summed E-state index contributed by atoms with van der Waals surface area (Å²) in [7, 11) is 0. The lowest BCUT2D eigenvalue weighted by atomic mass is 9.83. The summed E-state index contributed by atoms with van der Waals surface area (Å²) < 4.78 is 0. The molecule has 0 spiro atoms. The number of aromatic nitrogens is 1. The Kier molecular flexibility index (Phi) is 5.41. The highest BCUT2D eigenvalue weighted by Gasteiger charge is 2.23. The number of nitrogens with zero attached hydrogens (tertiary/aromatic N) is 1. The van der Waals surface area contributed by atoms with E-state index < -0.39 is 0 Å². The highest BCUT2D eigenvalue weighted by Crippen LogP contribution is 2.24. The Labute approximate surface area is 110 Å². The van der Waals surface area contributed by atoms with Gasteiger partial charge < -0.3 is 5.32 Å². The zero-order valence-corrected chi connectivity index (χ0v) is 12.0. The fourth-order valence-corrected chi connectivity index (χ4v) is 2.21. The first-order chi connectivity index (χ1) is 7.95. The van der Waals surface area contributed by atoms with E-state index in [0.29, 0.717) is 6.04 Å². The van der Waals surface area contributed by atoms with Gasteiger partial charge >= 0.3 is 0 Å². The van der Waals surface area contributed by atoms with Gasteiger partial charge in [-0.1, -0.05) is 39.3 Å². The largest absolute Gasteiger partial charge is 0.314 e. The van der Waals surface area contributed by atoms with Gasteiger partial charge in [0.15, 0.2) is 0 Å². The van der Waals surface area contributed by atoms with E-state index in [1.165, 1.54) is 5.56 Å². The second kappa shape index (κ2) is 6.36. The van der Waals surface area contributed by atoms with E-state index in [1.54, 1.807) is 12.4 Å². The maximum absolute atomic E-state index is 6.12. The first-order valence-electron chi connectivity index (χ1n) is 6.27. The maximum atomic E-state index is 6.12. The lowest BCUT2D eigenvalue weighted by Gasteiger charge is -2.31. The molecule has 0 aliphatic heterocycles. The highest BCUT2D eigenvalue weighted by atomic mass is 35.5. The third-order valence-corrected chi connectivity index (χ3v) is 3.40. The third kappa shape index (κ3) is 4.64. The van der Waals surface area contributed by atoms with Crippen LogP contribution >= 0.6 is 11.6 Å². The van der Waals surface area contributed by atoms with Gasteiger partial charge in [0.25, 0.3) is 0 Å². The van der Waals surface area contributed by atoms with E-state index in [2.05, 4.69) is 38.0 Å². The highest BCUT2D eigenvalue weighted by molar-refractivity contribution is 6.31. The molecule has 3 heteroatoms. The van der Waals surface area contributed by atoms with E-state index in [1.807, 2.05) is 6.07 Å². The zero-order valence-electron chi connectivity index (χ0n) is 11.3. The molecule has 1 unspecified atom stereocenters. The maximum Gasteiger partial charge on any atom is 0.0621 e. The average Bonchev–Trinajstić information content (AvgIpc) is 2.24. The van der Waals surface area contributed by atoms with Crippen molar-refractivity contribution in [2.75, 3.05) is 6.54 Å². The molecule has 0 amide bonds. The summed E-state index contributed by atoms with van der Waals surface area (Å²) in [5, 5.41) is 4.33. The van der Waals surface area contributed by atoms with Gasteiger partial charge in [-0.05, 0) is 36.4 Å². The van der Waals surface area contributed by atoms with E-state index >= 15 is 0 Å². The molecule has 17 heavy (non-hydrogen) atoms. The van der Waals surface area contributed by atoms with Gasteiger partial charge in [0.2, 0.25) is 0 Å². The molecule has 0 fully saturated rings. The van der Waals surface area contributed by atoms with Crippen LogP contribution < -0.4 is 5.32 Å². The van der Waals surface area contributed by atoms with Crippen LogP contribution in [-0.4, -0.2) is 17.6 Å². The van der Waals surface area contributed by atoms with Crippen molar-refractivity contribution in [3.63, 3.8) is 0 Å². The van der Waals surface area contributed by atoms with Crippen LogP contribution in [0.25, 0.3) is 0 Å². The standard InChI is InChI=1S/C14H23ClN2/c1-5-17-13(14(2,3)4)7-6-11-8-9-16-10-12(11)15/h8-10,13,17H,5-7H2,1-4H3. The molecule has 0 saturated heterocycles. The van der Waals surface area contributed by atoms with Crippen molar-refractivity contribution in [3.05, 3.63) is 29.0 Å². The topological polar surface area (TPSA) is 24.9 Å². The Morgan fingerprint density at radius 1 is 1.41 bits per heavy atom. The molecule has 96 valence electrons. The van der Waals surface area contributed by atoms with Gasteiger partial charge in [-0.2, -0.15) is 0 Å². The Bertz CT molecular complexity index is 344. The van der Waals surface area contributed by atoms with Crippen LogP contribution in [0.5, 0.6) is 0 Å². The zero-order chi connectivity index (χ0) is 12.9. The first kappa shape index (κ1) is 14.5. The van der Waals surface area contributed by atoms with E-state index in [-0.39, 0.29) is 5.41 Å². The fourth-order valence-electron chi connectivity index (χ4n) is 1.99. The van der Waals surface area contributed by atoms with Crippen LogP contribution in [0.15, 0.2) is 18.5 Å². The Balaban J connectivity index is 2.61. The van der Waals surface area contributed by atoms with E-state index in [4.69, 9.17) is 11.6 Å². The normalized spacial score (nSPS) is 13.7. The number of rotatable bonds is 5. The summed E-state index contributed by atoms with van der Waals surface area (Å²) in [6.45, 7) is 9.97. The van der Waals surface area contributed by atoms with Gasteiger partial charge in [0.1, 0.15) is 0 Å². The Morgan fingerprint density at radius 3 is 2.65 bits per heavy atom. The van der Waals surface area contributed by atoms with Gasteiger partial charge in [-0.25, -0.2) is 0 Å². The van der Waals surface area contributed by atoms with Gasteiger partial charge in [-0.15, -0.1) is 0 Å². The van der Waals surface area contributed by atoms with Gasteiger partial charge in [0, 0.05) is 18.4 Å². The molecule has 1 heterocycles. The van der Waals surface area contributed by atoms with Crippen molar-refractivity contribution < 1.29 is 0 Å². The Hall–Kier alpha value is -0.600. The molecule has 1 N–H and O–H groups in total. The predicted molar refractivity (Wildman–Crippen MR) is 74.5 cm³/mol. The second-order valence-electron chi connectivity index (χ2n) is 5.48. The molecule has 0 saturated carbocycles. The van der Waals surface area contributed by atoms with Crippen molar-refractivity contribution in [1.29, 1.82) is 0 Å². The van der Waals surface area contributed by atoms with Crippen molar-refractivity contribution in [2.24, 2.45) is 5.41 Å². The summed E-state index contributed by atoms with van der Waals surface area (Å²) in [6.07, 6.45) is 5.62. The minimum Gasteiger partial charge on any atom is -0.314 e. The number of pyridine rings is 1. The van der Waals surface area contributed by atoms with Crippen LogP contribution in [0.2, 0.25) is 5.02 Å². The lowest BCUT2D eigenvalue weighted by Crippen LogP contribution is -2.40. The second-order valence-corrected chi connectivity index (χ2v) is 5.89. The summed E-state index contributed by atoms with van der Waals surface area (Å²) >= 11 is 6.12. The molecule has 1 rings (SSSR count). The number of halogens is 1. The first-order valence-corrected chi connectivity index (χ1v) is 6.64. The lowest BCUT2D eigenvalue weighted by molar-refractivity contribution is 0.258. The molecule has 1 aromatic rings. The van der Waals surface area contributed by atoms with Gasteiger partial charge in [-0.3, -0.25) is 4.98 Å². The molecule has 1 aromatic heterocycles. The molecular formula is C14H23ClN2. The van der Waals surface area contributed by atoms with Crippen LogP contribution in [0.4, 0.5) is 0 Å². The molecule has 0 aliphatic carbocycles. The minimum absolute atomic E-state index is 0.273. The van der Waals surface area contributed by atoms with Crippen LogP contribution in [0.1, 0.15) is 39.7 Å². The van der Waals surface area contributed by atoms with E-state index in [0.717, 1.165) is 24.4 Å². The predicted octanol–water partition coefficient (Wildman–Crippen LogP) is 3.69. The molecular weight excluding hydrogens is 232 g/mol. The minimum atomic E-state index is 0.273. The smallest absolute Gasteiger partial charge is 0.0621 e. The van der Waals surface area contributed by atoms with Crippen molar-refractivity contribution >= 4 is 11.6 Å². The van der Waals surface area contributed by atoms with Crippen LogP contribution in [-0.2, 0) is 6.42 Å². The van der Waals surface area contributed by atoms with Crippen molar-refractivity contribution in [3.8, 4) is 0 Å². The quantitative estimate of drug-likeness (QED) is 0.867. The van der Waals surface area contributed by atoms with Crippen LogP contribution in [0.3, 0.4) is 0 Å². The SMILES string of the molecule is CCNC(CCc1ccncc1Cl)C(C)(C)C. The molecule has 0 aromatic carbocycles. The molecule has 1 atom stereocenters. The number of hydrogen-bond donors (Lipinski definition) is 1. The van der Waals surface area contributed by atoms with Crippen molar-refractivity contribution in [2.45, 2.75) is 46.6 Å². The fraction of sp³-hybridized carbons (Fsp3) is 0.643. The number of hydrogen-bond acceptors (Lipinski definition) is 2. The van der Waals surface area contributed by atoms with Gasteiger partial charge in [0.05, 0.1) is 5.02 Å². The molecule has 0 aliphatic rings. The molecule has 0 bridgehead atoms. The summed E-state index contributed by atoms with van der Waals surface area (Å²) in [5.41, 5.74) is 1.46. The number of nitrogens with one attached hydrogen (secondary N) is 1. The molecule has 0 radical (unpaired) electrons. The summed E-state index contributed by atoms with van der Waals surface area (Å²) in [6, 6.07) is 2.52. The molecule has 2 nitrogen and oxygen atoms in total. The average molecular weight is 255 g/mol.